The maximum absolute atomic E-state index is 5.08. The van der Waals surface area contributed by atoms with Crippen LogP contribution in [0.1, 0.15) is 58.2 Å². The number of hydrogen-bond acceptors (Lipinski definition) is 0. The van der Waals surface area contributed by atoms with Gasteiger partial charge in [0.25, 0.3) is 0 Å². The van der Waals surface area contributed by atoms with Crippen molar-refractivity contribution >= 4 is 21.8 Å². The Morgan fingerprint density at radius 3 is 1.57 bits per heavy atom. The first-order valence-electron chi connectivity index (χ1n) is 11.8. The summed E-state index contributed by atoms with van der Waals surface area (Å²) >= 11 is 0. The molecule has 0 radical (unpaired) electrons. The van der Waals surface area contributed by atoms with Crippen LogP contribution in [0.15, 0.2) is 60.7 Å². The SMILES string of the molecule is C#CC#CC#CC#Cc1ccc(-n2c3ccc(C(C)(C)C)cc3c3cc(C(C)(C)C)ccc32)cc1. The molecule has 170 valence electrons. The Bertz CT molecular complexity index is 1580. The Labute approximate surface area is 209 Å². The molecule has 1 nitrogen and oxygen atoms in total. The van der Waals surface area contributed by atoms with Crippen LogP contribution in [0.25, 0.3) is 27.5 Å². The molecule has 0 aliphatic rings. The number of rotatable bonds is 1. The standard InChI is InChI=1S/C34H29N/c1-8-9-10-11-12-13-14-25-15-19-28(20-16-25)35-31-21-17-26(33(2,3)4)23-29(31)30-24-27(34(5,6)7)18-22-32(30)35/h1,15-24H,2-7H3. The first-order valence-corrected chi connectivity index (χ1v) is 11.8. The zero-order valence-electron chi connectivity index (χ0n) is 21.3. The number of benzene rings is 3. The molecule has 1 aromatic heterocycles. The van der Waals surface area contributed by atoms with Crippen LogP contribution in [-0.4, -0.2) is 4.57 Å². The second-order valence-electron chi connectivity index (χ2n) is 10.7. The molecule has 0 amide bonds. The summed E-state index contributed by atoms with van der Waals surface area (Å²) in [7, 11) is 0. The number of hydrogen-bond donors (Lipinski definition) is 0. The maximum Gasteiger partial charge on any atom is 0.0541 e. The Balaban J connectivity index is 1.87. The molecular formula is C34H29N. The lowest BCUT2D eigenvalue weighted by atomic mass is 9.85. The first-order chi connectivity index (χ1) is 16.6. The third-order valence-corrected chi connectivity index (χ3v) is 6.15. The van der Waals surface area contributed by atoms with Gasteiger partial charge in [-0.2, -0.15) is 0 Å². The minimum Gasteiger partial charge on any atom is -0.309 e. The van der Waals surface area contributed by atoms with Crippen LogP contribution in [0.4, 0.5) is 0 Å². The molecule has 4 aromatic rings. The number of aromatic nitrogens is 1. The van der Waals surface area contributed by atoms with Crippen LogP contribution in [0.5, 0.6) is 0 Å². The highest BCUT2D eigenvalue weighted by molar-refractivity contribution is 6.09. The van der Waals surface area contributed by atoms with E-state index < -0.39 is 0 Å². The predicted molar refractivity (Wildman–Crippen MR) is 149 cm³/mol. The van der Waals surface area contributed by atoms with Gasteiger partial charge < -0.3 is 4.57 Å². The van der Waals surface area contributed by atoms with E-state index in [9.17, 15) is 0 Å². The van der Waals surface area contributed by atoms with Gasteiger partial charge in [0.2, 0.25) is 0 Å². The highest BCUT2D eigenvalue weighted by atomic mass is 15.0. The van der Waals surface area contributed by atoms with E-state index in [1.54, 1.807) is 0 Å². The van der Waals surface area contributed by atoms with Gasteiger partial charge in [-0.1, -0.05) is 59.6 Å². The molecule has 0 bridgehead atoms. The lowest BCUT2D eigenvalue weighted by Crippen LogP contribution is -2.10. The van der Waals surface area contributed by atoms with Crippen molar-refractivity contribution in [2.45, 2.75) is 52.4 Å². The van der Waals surface area contributed by atoms with Crippen LogP contribution < -0.4 is 0 Å². The van der Waals surface area contributed by atoms with Gasteiger partial charge in [-0.15, -0.1) is 6.42 Å². The van der Waals surface area contributed by atoms with E-state index in [0.717, 1.165) is 11.3 Å². The van der Waals surface area contributed by atoms with Crippen molar-refractivity contribution in [1.82, 2.24) is 4.57 Å². The smallest absolute Gasteiger partial charge is 0.0541 e. The Morgan fingerprint density at radius 1 is 0.600 bits per heavy atom. The first kappa shape index (κ1) is 23.8. The normalized spacial score (nSPS) is 11.0. The summed E-state index contributed by atoms with van der Waals surface area (Å²) < 4.78 is 2.34. The summed E-state index contributed by atoms with van der Waals surface area (Å²) in [5.41, 5.74) is 7.26. The van der Waals surface area contributed by atoms with Gasteiger partial charge in [-0.3, -0.25) is 0 Å². The van der Waals surface area contributed by atoms with Crippen LogP contribution in [0.3, 0.4) is 0 Å². The Kier molecular flexibility index (Phi) is 6.24. The molecule has 0 fully saturated rings. The van der Waals surface area contributed by atoms with Gasteiger partial charge >= 0.3 is 0 Å². The molecule has 0 spiro atoms. The van der Waals surface area contributed by atoms with Gasteiger partial charge in [-0.25, -0.2) is 0 Å². The summed E-state index contributed by atoms with van der Waals surface area (Å²) in [5.74, 6) is 18.5. The largest absolute Gasteiger partial charge is 0.309 e. The van der Waals surface area contributed by atoms with Crippen molar-refractivity contribution in [3.8, 4) is 53.6 Å². The monoisotopic (exact) mass is 451 g/mol. The fourth-order valence-electron chi connectivity index (χ4n) is 4.16. The summed E-state index contributed by atoms with van der Waals surface area (Å²) in [6.45, 7) is 13.6. The molecule has 1 heteroatoms. The zero-order chi connectivity index (χ0) is 25.2. The Hall–Kier alpha value is -4.30. The van der Waals surface area contributed by atoms with Crippen molar-refractivity contribution in [1.29, 1.82) is 0 Å². The molecule has 1 heterocycles. The van der Waals surface area contributed by atoms with E-state index in [0.29, 0.717) is 0 Å². The van der Waals surface area contributed by atoms with E-state index in [2.05, 4.69) is 136 Å². The van der Waals surface area contributed by atoms with Gasteiger partial charge in [0.05, 0.1) is 11.0 Å². The van der Waals surface area contributed by atoms with Gasteiger partial charge in [0.1, 0.15) is 0 Å². The molecule has 0 saturated heterocycles. The van der Waals surface area contributed by atoms with Crippen molar-refractivity contribution in [2.24, 2.45) is 0 Å². The lowest BCUT2D eigenvalue weighted by Gasteiger charge is -2.19. The maximum atomic E-state index is 5.08. The average Bonchev–Trinajstić information content (AvgIpc) is 3.14. The zero-order valence-corrected chi connectivity index (χ0v) is 21.3. The molecule has 0 aliphatic heterocycles. The quantitative estimate of drug-likeness (QED) is 0.266. The van der Waals surface area contributed by atoms with Gasteiger partial charge in [0.15, 0.2) is 0 Å². The Morgan fingerprint density at radius 2 is 1.09 bits per heavy atom. The molecule has 4 rings (SSSR count). The molecule has 3 aromatic carbocycles. The molecule has 0 atom stereocenters. The highest BCUT2D eigenvalue weighted by Gasteiger charge is 2.20. The summed E-state index contributed by atoms with van der Waals surface area (Å²) in [6, 6.07) is 22.0. The van der Waals surface area contributed by atoms with Crippen LogP contribution in [-0.2, 0) is 10.8 Å². The fourth-order valence-corrected chi connectivity index (χ4v) is 4.16. The number of nitrogens with zero attached hydrogens (tertiary/aromatic N) is 1. The second kappa shape index (κ2) is 9.15. The van der Waals surface area contributed by atoms with Crippen molar-refractivity contribution in [3.63, 3.8) is 0 Å². The van der Waals surface area contributed by atoms with E-state index in [1.165, 1.54) is 32.9 Å². The summed E-state index contributed by atoms with van der Waals surface area (Å²) in [5, 5.41) is 2.57. The van der Waals surface area contributed by atoms with Crippen LogP contribution in [0, 0.1) is 47.9 Å². The fraction of sp³-hybridized carbons (Fsp3) is 0.235. The minimum absolute atomic E-state index is 0.0832. The van der Waals surface area contributed by atoms with E-state index >= 15 is 0 Å². The molecule has 0 unspecified atom stereocenters. The van der Waals surface area contributed by atoms with Gasteiger partial charge in [0, 0.05) is 22.0 Å². The lowest BCUT2D eigenvalue weighted by molar-refractivity contribution is 0.590. The minimum atomic E-state index is 0.0832. The average molecular weight is 452 g/mol. The van der Waals surface area contributed by atoms with Crippen molar-refractivity contribution in [3.05, 3.63) is 77.4 Å². The molecule has 0 N–H and O–H groups in total. The third-order valence-electron chi connectivity index (χ3n) is 6.15. The van der Waals surface area contributed by atoms with Crippen molar-refractivity contribution < 1.29 is 0 Å². The number of fused-ring (bicyclic) bond motifs is 3. The third kappa shape index (κ3) is 4.97. The molecule has 0 aliphatic carbocycles. The number of terminal acetylenes is 1. The molecule has 35 heavy (non-hydrogen) atoms. The van der Waals surface area contributed by atoms with Crippen molar-refractivity contribution in [2.75, 3.05) is 0 Å². The van der Waals surface area contributed by atoms with E-state index in [-0.39, 0.29) is 10.8 Å². The van der Waals surface area contributed by atoms with Crippen LogP contribution in [0.2, 0.25) is 0 Å². The highest BCUT2D eigenvalue weighted by Crippen LogP contribution is 2.37. The molecular weight excluding hydrogens is 422 g/mol. The second-order valence-corrected chi connectivity index (χ2v) is 10.7. The summed E-state index contributed by atoms with van der Waals surface area (Å²) in [4.78, 5) is 0. The molecule has 0 saturated carbocycles. The predicted octanol–water partition coefficient (Wildman–Crippen LogP) is 7.37. The van der Waals surface area contributed by atoms with E-state index in [4.69, 9.17) is 6.42 Å². The summed E-state index contributed by atoms with van der Waals surface area (Å²) in [6.07, 6.45) is 5.08. The van der Waals surface area contributed by atoms with E-state index in [1.807, 2.05) is 12.1 Å². The van der Waals surface area contributed by atoms with Gasteiger partial charge in [-0.05, 0) is 106 Å². The topological polar surface area (TPSA) is 4.93 Å². The van der Waals surface area contributed by atoms with Crippen LogP contribution >= 0.6 is 0 Å².